The number of pyridine rings is 1. The van der Waals surface area contributed by atoms with Crippen molar-refractivity contribution in [3.05, 3.63) is 64.9 Å². The summed E-state index contributed by atoms with van der Waals surface area (Å²) in [5, 5.41) is 6.99. The fourth-order valence-electron chi connectivity index (χ4n) is 4.33. The van der Waals surface area contributed by atoms with Crippen LogP contribution in [0.1, 0.15) is 40.7 Å². The molecule has 1 aliphatic heterocycles. The summed E-state index contributed by atoms with van der Waals surface area (Å²) in [4.78, 5) is 32.7. The molecule has 166 valence electrons. The zero-order valence-corrected chi connectivity index (χ0v) is 19.2. The highest BCUT2D eigenvalue weighted by Gasteiger charge is 2.42. The number of aromatic nitrogens is 3. The van der Waals surface area contributed by atoms with Crippen LogP contribution in [0.15, 0.2) is 48.8 Å². The third kappa shape index (κ3) is 4.55. The van der Waals surface area contributed by atoms with Crippen molar-refractivity contribution in [3.63, 3.8) is 0 Å². The lowest BCUT2D eigenvalue weighted by atomic mass is 9.72. The summed E-state index contributed by atoms with van der Waals surface area (Å²) in [6, 6.07) is 12.3. The first-order valence-corrected chi connectivity index (χ1v) is 11.7. The number of amides is 2. The summed E-state index contributed by atoms with van der Waals surface area (Å²) in [5.74, 6) is 0.0232. The number of likely N-dealkylation sites (tertiary alicyclic amines) is 1. The molecule has 0 spiro atoms. The van der Waals surface area contributed by atoms with E-state index < -0.39 is 5.41 Å². The maximum absolute atomic E-state index is 13.2. The van der Waals surface area contributed by atoms with Crippen molar-refractivity contribution in [1.82, 2.24) is 24.8 Å². The number of nitrogens with zero attached hydrogens (tertiary/aromatic N) is 4. The first-order valence-electron chi connectivity index (χ1n) is 10.9. The monoisotopic (exact) mass is 449 g/mol. The summed E-state index contributed by atoms with van der Waals surface area (Å²) in [6.45, 7) is 5.40. The number of piperidine rings is 1. The van der Waals surface area contributed by atoms with Crippen LogP contribution in [0.4, 0.5) is 0 Å². The lowest BCUT2D eigenvalue weighted by molar-refractivity contribution is -0.133. The largest absolute Gasteiger partial charge is 0.356 e. The quantitative estimate of drug-likeness (QED) is 0.622. The second kappa shape index (κ2) is 9.56. The van der Waals surface area contributed by atoms with Gasteiger partial charge in [-0.25, -0.2) is 0 Å². The van der Waals surface area contributed by atoms with Gasteiger partial charge in [0.15, 0.2) is 0 Å². The van der Waals surface area contributed by atoms with Crippen LogP contribution in [0, 0.1) is 12.3 Å². The van der Waals surface area contributed by atoms with Crippen LogP contribution in [0.3, 0.4) is 0 Å². The number of rotatable bonds is 6. The molecule has 0 saturated carbocycles. The zero-order chi connectivity index (χ0) is 22.6. The summed E-state index contributed by atoms with van der Waals surface area (Å²) >= 11 is 1.13. The molecule has 3 heterocycles. The molecule has 0 unspecified atom stereocenters. The van der Waals surface area contributed by atoms with Crippen LogP contribution in [0.25, 0.3) is 11.1 Å². The first-order chi connectivity index (χ1) is 15.5. The van der Waals surface area contributed by atoms with Crippen LogP contribution in [-0.2, 0) is 11.2 Å². The van der Waals surface area contributed by atoms with Crippen LogP contribution >= 0.6 is 11.5 Å². The van der Waals surface area contributed by atoms with Crippen molar-refractivity contribution >= 4 is 23.3 Å². The Balaban J connectivity index is 1.54. The van der Waals surface area contributed by atoms with Gasteiger partial charge in [0, 0.05) is 32.0 Å². The summed E-state index contributed by atoms with van der Waals surface area (Å²) in [7, 11) is 0. The molecule has 1 fully saturated rings. The lowest BCUT2D eigenvalue weighted by Crippen LogP contribution is -2.51. The van der Waals surface area contributed by atoms with Crippen LogP contribution < -0.4 is 5.32 Å². The van der Waals surface area contributed by atoms with E-state index in [1.165, 1.54) is 0 Å². The maximum atomic E-state index is 13.2. The molecule has 0 atom stereocenters. The standard InChI is InChI=1S/C24H27N5O2S/c1-3-26-23(31)24(9-12-29(13-10-24)22(30)21-17(2)27-28-32-21)15-18-6-4-7-19(14-18)20-8-5-11-25-16-20/h4-8,11,14,16H,3,9-10,12-13,15H2,1-2H3,(H,26,31). The number of nitrogens with one attached hydrogen (secondary N) is 1. The zero-order valence-electron chi connectivity index (χ0n) is 18.4. The van der Waals surface area contributed by atoms with E-state index in [4.69, 9.17) is 0 Å². The normalized spacial score (nSPS) is 15.4. The fraction of sp³-hybridized carbons (Fsp3) is 0.375. The lowest BCUT2D eigenvalue weighted by Gasteiger charge is -2.40. The van der Waals surface area contributed by atoms with Crippen molar-refractivity contribution in [2.75, 3.05) is 19.6 Å². The molecule has 4 rings (SSSR count). The van der Waals surface area contributed by atoms with Crippen LogP contribution in [0.2, 0.25) is 0 Å². The van der Waals surface area contributed by atoms with Gasteiger partial charge in [0.25, 0.3) is 5.91 Å². The Morgan fingerprint density at radius 1 is 1.16 bits per heavy atom. The Morgan fingerprint density at radius 2 is 1.94 bits per heavy atom. The number of hydrogen-bond donors (Lipinski definition) is 1. The summed E-state index contributed by atoms with van der Waals surface area (Å²) < 4.78 is 3.88. The van der Waals surface area contributed by atoms with E-state index in [2.05, 4.69) is 38.1 Å². The molecule has 3 aromatic rings. The Hall–Kier alpha value is -3.13. The SMILES string of the molecule is CCNC(=O)C1(Cc2cccc(-c3cccnc3)c2)CCN(C(=O)c2snnc2C)CC1. The molecule has 1 saturated heterocycles. The number of hydrogen-bond acceptors (Lipinski definition) is 6. The Labute approximate surface area is 192 Å². The van der Waals surface area contributed by atoms with E-state index in [1.54, 1.807) is 13.1 Å². The third-order valence-corrected chi connectivity index (χ3v) is 6.95. The predicted octanol–water partition coefficient (Wildman–Crippen LogP) is 3.51. The molecule has 0 bridgehead atoms. The Kier molecular flexibility index (Phi) is 6.60. The van der Waals surface area contributed by atoms with Gasteiger partial charge in [-0.2, -0.15) is 0 Å². The van der Waals surface area contributed by atoms with Gasteiger partial charge < -0.3 is 10.2 Å². The molecular weight excluding hydrogens is 422 g/mol. The predicted molar refractivity (Wildman–Crippen MR) is 124 cm³/mol. The van der Waals surface area contributed by atoms with E-state index in [1.807, 2.05) is 36.2 Å². The maximum Gasteiger partial charge on any atom is 0.267 e. The highest BCUT2D eigenvalue weighted by Crippen LogP contribution is 2.37. The van der Waals surface area contributed by atoms with Crippen molar-refractivity contribution in [2.24, 2.45) is 5.41 Å². The van der Waals surface area contributed by atoms with Gasteiger partial charge in [-0.05, 0) is 67.4 Å². The molecule has 1 aromatic carbocycles. The first kappa shape index (κ1) is 22.1. The van der Waals surface area contributed by atoms with Crippen molar-refractivity contribution < 1.29 is 9.59 Å². The summed E-state index contributed by atoms with van der Waals surface area (Å²) in [5.41, 5.74) is 3.37. The molecule has 32 heavy (non-hydrogen) atoms. The molecule has 2 aromatic heterocycles. The van der Waals surface area contributed by atoms with Gasteiger partial charge in [-0.1, -0.05) is 34.8 Å². The molecule has 8 heteroatoms. The third-order valence-electron chi connectivity index (χ3n) is 6.14. The van der Waals surface area contributed by atoms with E-state index in [0.29, 0.717) is 49.5 Å². The Morgan fingerprint density at radius 3 is 2.59 bits per heavy atom. The second-order valence-corrected chi connectivity index (χ2v) is 8.99. The molecular formula is C24H27N5O2S. The van der Waals surface area contributed by atoms with E-state index in [0.717, 1.165) is 28.2 Å². The van der Waals surface area contributed by atoms with E-state index in [9.17, 15) is 9.59 Å². The van der Waals surface area contributed by atoms with Gasteiger partial charge >= 0.3 is 0 Å². The van der Waals surface area contributed by atoms with Gasteiger partial charge in [0.2, 0.25) is 5.91 Å². The van der Waals surface area contributed by atoms with Crippen LogP contribution in [0.5, 0.6) is 0 Å². The Bertz CT molecular complexity index is 1090. The minimum atomic E-state index is -0.540. The molecule has 7 nitrogen and oxygen atoms in total. The van der Waals surface area contributed by atoms with Crippen molar-refractivity contribution in [2.45, 2.75) is 33.1 Å². The van der Waals surface area contributed by atoms with Crippen molar-refractivity contribution in [1.29, 1.82) is 0 Å². The average Bonchev–Trinajstić information content (AvgIpc) is 3.26. The molecule has 0 aliphatic carbocycles. The van der Waals surface area contributed by atoms with Gasteiger partial charge in [0.1, 0.15) is 4.88 Å². The van der Waals surface area contributed by atoms with Gasteiger partial charge in [-0.15, -0.1) is 5.10 Å². The topological polar surface area (TPSA) is 88.1 Å². The smallest absolute Gasteiger partial charge is 0.267 e. The number of benzene rings is 1. The number of aryl methyl sites for hydroxylation is 1. The highest BCUT2D eigenvalue weighted by molar-refractivity contribution is 7.07. The highest BCUT2D eigenvalue weighted by atomic mass is 32.1. The number of carbonyl (C=O) groups is 2. The molecule has 2 amide bonds. The van der Waals surface area contributed by atoms with E-state index >= 15 is 0 Å². The second-order valence-electron chi connectivity index (χ2n) is 8.24. The molecule has 1 N–H and O–H groups in total. The molecule has 1 aliphatic rings. The average molecular weight is 450 g/mol. The van der Waals surface area contributed by atoms with E-state index in [-0.39, 0.29) is 11.8 Å². The minimum Gasteiger partial charge on any atom is -0.356 e. The minimum absolute atomic E-state index is 0.0411. The number of carbonyl (C=O) groups excluding carboxylic acids is 2. The van der Waals surface area contributed by atoms with Gasteiger partial charge in [0.05, 0.1) is 11.1 Å². The molecule has 0 radical (unpaired) electrons. The van der Waals surface area contributed by atoms with Gasteiger partial charge in [-0.3, -0.25) is 14.6 Å². The fourth-order valence-corrected chi connectivity index (χ4v) is 4.95. The van der Waals surface area contributed by atoms with Crippen LogP contribution in [-0.4, -0.2) is 50.9 Å². The summed E-state index contributed by atoms with van der Waals surface area (Å²) in [6.07, 6.45) is 5.48. The van der Waals surface area contributed by atoms with Crippen molar-refractivity contribution in [3.8, 4) is 11.1 Å².